The molecule has 4 aliphatic rings. The molecule has 1 saturated heterocycles. The zero-order chi connectivity index (χ0) is 41.5. The number of amides is 2. The number of hydroxylamine groups is 2. The molecule has 2 bridgehead atoms. The van der Waals surface area contributed by atoms with E-state index in [0.717, 1.165) is 61.2 Å². The molecule has 1 aromatic carbocycles. The molecule has 4 N–H and O–H groups in total. The molecule has 5 rings (SSSR count). The molecule has 11 heteroatoms. The molecule has 1 aliphatic heterocycles. The molecule has 0 unspecified atom stereocenters. The molecule has 4 fully saturated rings. The van der Waals surface area contributed by atoms with E-state index < -0.39 is 24.2 Å². The minimum atomic E-state index is -0.906. The quantitative estimate of drug-likeness (QED) is 0.0985. The number of nitrogens with one attached hydrogen (secondary N) is 2. The molecule has 0 radical (unpaired) electrons. The van der Waals surface area contributed by atoms with Gasteiger partial charge in [0, 0.05) is 61.0 Å². The molecule has 0 spiro atoms. The van der Waals surface area contributed by atoms with Crippen LogP contribution >= 0.6 is 0 Å². The first-order valence-electron chi connectivity index (χ1n) is 20.9. The highest BCUT2D eigenvalue weighted by molar-refractivity contribution is 5.92. The van der Waals surface area contributed by atoms with Crippen LogP contribution in [-0.2, 0) is 21.0 Å². The van der Waals surface area contributed by atoms with Gasteiger partial charge in [0.2, 0.25) is 11.8 Å². The molecule has 3 saturated carbocycles. The Morgan fingerprint density at radius 1 is 1.16 bits per heavy atom. The fourth-order valence-corrected chi connectivity index (χ4v) is 9.48. The van der Waals surface area contributed by atoms with Crippen LogP contribution in [0.5, 0.6) is 5.75 Å². The highest BCUT2D eigenvalue weighted by Gasteiger charge is 2.57. The van der Waals surface area contributed by atoms with Gasteiger partial charge in [-0.2, -0.15) is 5.06 Å². The first-order chi connectivity index (χ1) is 26.4. The van der Waals surface area contributed by atoms with Crippen molar-refractivity contribution in [3.05, 3.63) is 59.8 Å². The molecule has 9 atom stereocenters. The fourth-order valence-electron chi connectivity index (χ4n) is 9.48. The number of hydrogen-bond donors (Lipinski definition) is 4. The van der Waals surface area contributed by atoms with Crippen LogP contribution in [0.15, 0.2) is 48.7 Å². The lowest BCUT2D eigenvalue weighted by molar-refractivity contribution is -0.183. The summed E-state index contributed by atoms with van der Waals surface area (Å²) in [6.45, 7) is 20.8. The molecule has 314 valence electrons. The third kappa shape index (κ3) is 10.8. The van der Waals surface area contributed by atoms with Gasteiger partial charge in [0.15, 0.2) is 0 Å². The average Bonchev–Trinajstić information content (AvgIpc) is 3.50. The Balaban J connectivity index is 1.67. The van der Waals surface area contributed by atoms with Crippen LogP contribution in [0.4, 0.5) is 0 Å². The maximum absolute atomic E-state index is 14.3. The second-order valence-corrected chi connectivity index (χ2v) is 18.0. The van der Waals surface area contributed by atoms with Gasteiger partial charge >= 0.3 is 0 Å². The number of carbonyl (C=O) groups excluding carboxylic acids is 2. The van der Waals surface area contributed by atoms with E-state index in [0.29, 0.717) is 29.4 Å². The number of aliphatic hydroxyl groups is 2. The Hall–Kier alpha value is -3.22. The monoisotopic (exact) mass is 780 g/mol. The second-order valence-electron chi connectivity index (χ2n) is 18.0. The topological polar surface area (TPSA) is 127 Å². The van der Waals surface area contributed by atoms with Crippen LogP contribution in [0.2, 0.25) is 0 Å². The van der Waals surface area contributed by atoms with E-state index >= 15 is 0 Å². The van der Waals surface area contributed by atoms with Crippen LogP contribution in [0, 0.1) is 35.0 Å². The molecule has 0 aromatic heterocycles. The van der Waals surface area contributed by atoms with Gasteiger partial charge in [-0.1, -0.05) is 72.7 Å². The van der Waals surface area contributed by atoms with E-state index in [1.165, 1.54) is 6.42 Å². The predicted octanol–water partition coefficient (Wildman–Crippen LogP) is 5.63. The largest absolute Gasteiger partial charge is 0.496 e. The first-order valence-corrected chi connectivity index (χ1v) is 20.9. The van der Waals surface area contributed by atoms with Gasteiger partial charge in [-0.25, -0.2) is 0 Å². The number of fused-ring (bicyclic) bond motifs is 2. The van der Waals surface area contributed by atoms with Crippen molar-refractivity contribution >= 4 is 17.4 Å². The Kier molecular flexibility index (Phi) is 16.2. The number of allylic oxidation sites excluding steroid dienone is 3. The Morgan fingerprint density at radius 3 is 2.45 bits per heavy atom. The summed E-state index contributed by atoms with van der Waals surface area (Å²) in [5, 5.41) is 29.6. The van der Waals surface area contributed by atoms with Gasteiger partial charge in [-0.15, -0.1) is 0 Å². The summed E-state index contributed by atoms with van der Waals surface area (Å²) in [5.74, 6) is 1.40. The number of hydrogen-bond acceptors (Lipinski definition) is 9. The summed E-state index contributed by atoms with van der Waals surface area (Å²) >= 11 is 0. The summed E-state index contributed by atoms with van der Waals surface area (Å²) < 4.78 is 6.12. The first kappa shape index (κ1) is 45.5. The van der Waals surface area contributed by atoms with Crippen LogP contribution in [-0.4, -0.2) is 115 Å². The smallest absolute Gasteiger partial charge is 0.244 e. The second kappa shape index (κ2) is 20.0. The van der Waals surface area contributed by atoms with Crippen molar-refractivity contribution in [3.63, 3.8) is 0 Å². The van der Waals surface area contributed by atoms with Crippen LogP contribution in [0.25, 0.3) is 5.57 Å². The molecule has 2 amide bonds. The molecular formula is C45H73N5O6. The number of unbranched alkanes of at least 4 members (excludes halogenated alkanes) is 1. The number of para-hydroxylation sites is 1. The summed E-state index contributed by atoms with van der Waals surface area (Å²) in [5.41, 5.74) is 3.30. The SMILES string of the molecule is C=C(C=C(C=CC(=O)N[C@@H](CC(C)C)CN(C)C)c1cccc(CN2O[C@@H](CO)[C@@H]([C@H](C)O)[C@H]2C(=O)N[C@H]2C[C@H]3C[C@@H]([C@@H]2C)C3(C)C)c1OC)N(C)CCCC. The Bertz CT molecular complexity index is 1540. The van der Waals surface area contributed by atoms with Crippen molar-refractivity contribution in [2.24, 2.45) is 35.0 Å². The molecular weight excluding hydrogens is 707 g/mol. The summed E-state index contributed by atoms with van der Waals surface area (Å²) in [4.78, 5) is 38.2. The standard InChI is InChI=1S/C45H73N5O6/c1-13-14-20-49(11)29(4)22-32(18-19-40(53)46-35(21-28(2)3)26-48(9)10)36-17-15-16-33(43(36)55-12)25-50-42(41(31(6)52)39(27-51)56-50)44(54)47-38-24-34-23-37(30(38)5)45(34,7)8/h15-19,22,28,30-31,34-35,37-39,41-42,51-52H,4,13-14,20-21,23-27H2,1-3,5-12H3,(H,46,53)(H,47,54)/t30-,31-,34+,35-,37-,38-,39-,41+,42-/m0/s1. The van der Waals surface area contributed by atoms with Crippen molar-refractivity contribution in [3.8, 4) is 5.75 Å². The normalized spacial score (nSPS) is 27.3. The van der Waals surface area contributed by atoms with Crippen LogP contribution < -0.4 is 15.4 Å². The third-order valence-corrected chi connectivity index (χ3v) is 12.8. The average molecular weight is 780 g/mol. The van der Waals surface area contributed by atoms with E-state index in [-0.39, 0.29) is 42.5 Å². The van der Waals surface area contributed by atoms with Crippen molar-refractivity contribution in [1.82, 2.24) is 25.5 Å². The minimum Gasteiger partial charge on any atom is -0.496 e. The lowest BCUT2D eigenvalue weighted by Crippen LogP contribution is -2.62. The Labute approximate surface area is 337 Å². The van der Waals surface area contributed by atoms with Crippen molar-refractivity contribution in [1.29, 1.82) is 0 Å². The lowest BCUT2D eigenvalue weighted by atomic mass is 9.45. The maximum atomic E-state index is 14.3. The summed E-state index contributed by atoms with van der Waals surface area (Å²) in [6, 6.07) is 4.99. The number of likely N-dealkylation sites (N-methyl/N-ethyl adjacent to an activating group) is 2. The lowest BCUT2D eigenvalue weighted by Gasteiger charge is -2.62. The minimum absolute atomic E-state index is 0.000245. The summed E-state index contributed by atoms with van der Waals surface area (Å²) in [7, 11) is 7.63. The van der Waals surface area contributed by atoms with Gasteiger partial charge < -0.3 is 35.4 Å². The van der Waals surface area contributed by atoms with Gasteiger partial charge in [0.05, 0.1) is 26.4 Å². The van der Waals surface area contributed by atoms with Crippen molar-refractivity contribution in [2.75, 3.05) is 47.9 Å². The van der Waals surface area contributed by atoms with Gasteiger partial charge in [-0.05, 0) is 93.5 Å². The summed E-state index contributed by atoms with van der Waals surface area (Å²) in [6.07, 6.45) is 8.74. The zero-order valence-electron chi connectivity index (χ0n) is 36.2. The van der Waals surface area contributed by atoms with E-state index in [4.69, 9.17) is 9.57 Å². The molecule has 11 nitrogen and oxygen atoms in total. The highest BCUT2D eigenvalue weighted by atomic mass is 16.7. The van der Waals surface area contributed by atoms with Crippen molar-refractivity contribution in [2.45, 2.75) is 117 Å². The number of rotatable bonds is 20. The number of carbonyl (C=O) groups is 2. The zero-order valence-corrected chi connectivity index (χ0v) is 36.2. The van der Waals surface area contributed by atoms with E-state index in [9.17, 15) is 19.8 Å². The number of aliphatic hydroxyl groups excluding tert-OH is 2. The number of nitrogens with zero attached hydrogens (tertiary/aromatic N) is 3. The molecule has 1 heterocycles. The van der Waals surface area contributed by atoms with E-state index in [1.54, 1.807) is 25.2 Å². The highest BCUT2D eigenvalue weighted by Crippen LogP contribution is 2.61. The molecule has 3 aliphatic carbocycles. The predicted molar refractivity (Wildman–Crippen MR) is 224 cm³/mol. The van der Waals surface area contributed by atoms with Gasteiger partial charge in [0.1, 0.15) is 17.9 Å². The number of ether oxygens (including phenoxy) is 1. The van der Waals surface area contributed by atoms with Gasteiger partial charge in [-0.3, -0.25) is 14.4 Å². The third-order valence-electron chi connectivity index (χ3n) is 12.8. The fraction of sp³-hybridized carbons (Fsp3) is 0.689. The number of benzene rings is 1. The van der Waals surface area contributed by atoms with Crippen molar-refractivity contribution < 1.29 is 29.4 Å². The maximum Gasteiger partial charge on any atom is 0.244 e. The van der Waals surface area contributed by atoms with E-state index in [1.807, 2.05) is 51.5 Å². The Morgan fingerprint density at radius 2 is 1.88 bits per heavy atom. The molecule has 1 aromatic rings. The van der Waals surface area contributed by atoms with Crippen LogP contribution in [0.1, 0.15) is 91.7 Å². The molecule has 56 heavy (non-hydrogen) atoms. The van der Waals surface area contributed by atoms with Gasteiger partial charge in [0.25, 0.3) is 0 Å². The van der Waals surface area contributed by atoms with Crippen LogP contribution in [0.3, 0.4) is 0 Å². The number of methoxy groups -OCH3 is 1. The van der Waals surface area contributed by atoms with E-state index in [2.05, 4.69) is 68.6 Å².